The Morgan fingerprint density at radius 3 is 2.40 bits per heavy atom. The van der Waals surface area contributed by atoms with E-state index < -0.39 is 0 Å². The molecule has 0 bridgehead atoms. The Kier molecular flexibility index (Phi) is 6.93. The summed E-state index contributed by atoms with van der Waals surface area (Å²) < 4.78 is 11.8. The van der Waals surface area contributed by atoms with Crippen molar-refractivity contribution in [3.8, 4) is 5.75 Å². The zero-order valence-electron chi connectivity index (χ0n) is 15.4. The van der Waals surface area contributed by atoms with Gasteiger partial charge in [-0.3, -0.25) is 0 Å². The first-order valence-corrected chi connectivity index (χ1v) is 9.69. The van der Waals surface area contributed by atoms with Crippen molar-refractivity contribution >= 4 is 0 Å². The molecule has 2 nitrogen and oxygen atoms in total. The molecule has 2 aromatic rings. The van der Waals surface area contributed by atoms with E-state index in [2.05, 4.69) is 55.5 Å². The molecule has 0 unspecified atom stereocenters. The van der Waals surface area contributed by atoms with Gasteiger partial charge in [-0.2, -0.15) is 0 Å². The predicted molar refractivity (Wildman–Crippen MR) is 103 cm³/mol. The van der Waals surface area contributed by atoms with Crippen molar-refractivity contribution in [3.63, 3.8) is 0 Å². The van der Waals surface area contributed by atoms with E-state index >= 15 is 0 Å². The summed E-state index contributed by atoms with van der Waals surface area (Å²) in [5, 5.41) is 0. The number of aryl methyl sites for hydroxylation is 1. The zero-order valence-corrected chi connectivity index (χ0v) is 15.4. The molecule has 0 aromatic heterocycles. The summed E-state index contributed by atoms with van der Waals surface area (Å²) in [4.78, 5) is 0. The van der Waals surface area contributed by atoms with Crippen LogP contribution in [-0.2, 0) is 11.2 Å². The van der Waals surface area contributed by atoms with Crippen LogP contribution in [-0.4, -0.2) is 19.3 Å². The van der Waals surface area contributed by atoms with Crippen molar-refractivity contribution in [1.29, 1.82) is 0 Å². The first-order valence-electron chi connectivity index (χ1n) is 9.69. The maximum atomic E-state index is 5.94. The lowest BCUT2D eigenvalue weighted by molar-refractivity contribution is 0.0226. The molecule has 0 amide bonds. The van der Waals surface area contributed by atoms with Gasteiger partial charge in [0, 0.05) is 6.42 Å². The highest BCUT2D eigenvalue weighted by Gasteiger charge is 2.12. The van der Waals surface area contributed by atoms with Crippen LogP contribution in [0.4, 0.5) is 0 Å². The van der Waals surface area contributed by atoms with Crippen molar-refractivity contribution in [2.75, 3.05) is 13.2 Å². The fourth-order valence-corrected chi connectivity index (χ4v) is 3.46. The van der Waals surface area contributed by atoms with Gasteiger partial charge < -0.3 is 9.47 Å². The van der Waals surface area contributed by atoms with Gasteiger partial charge in [0.1, 0.15) is 5.75 Å². The Hall–Kier alpha value is -1.80. The average molecular weight is 338 g/mol. The highest BCUT2D eigenvalue weighted by atomic mass is 16.5. The molecule has 1 saturated carbocycles. The third-order valence-electron chi connectivity index (χ3n) is 5.04. The fourth-order valence-electron chi connectivity index (χ4n) is 3.46. The average Bonchev–Trinajstić information content (AvgIpc) is 2.65. The molecule has 134 valence electrons. The van der Waals surface area contributed by atoms with Crippen LogP contribution in [0.3, 0.4) is 0 Å². The summed E-state index contributed by atoms with van der Waals surface area (Å²) in [7, 11) is 0. The number of ether oxygens (including phenoxy) is 2. The van der Waals surface area contributed by atoms with Gasteiger partial charge in [0.15, 0.2) is 0 Å². The number of hydrogen-bond donors (Lipinski definition) is 0. The monoisotopic (exact) mass is 338 g/mol. The quantitative estimate of drug-likeness (QED) is 0.574. The third kappa shape index (κ3) is 5.89. The molecule has 0 radical (unpaired) electrons. The molecular formula is C23H30O2. The Morgan fingerprint density at radius 2 is 1.64 bits per heavy atom. The second-order valence-electron chi connectivity index (χ2n) is 7.08. The van der Waals surface area contributed by atoms with Crippen LogP contribution < -0.4 is 4.74 Å². The van der Waals surface area contributed by atoms with Crippen LogP contribution in [0.15, 0.2) is 48.5 Å². The predicted octanol–water partition coefficient (Wildman–Crippen LogP) is 5.70. The van der Waals surface area contributed by atoms with E-state index in [1.807, 2.05) is 0 Å². The van der Waals surface area contributed by atoms with Gasteiger partial charge in [0.05, 0.1) is 19.3 Å². The van der Waals surface area contributed by atoms with Gasteiger partial charge in [0.2, 0.25) is 0 Å². The molecule has 0 saturated heterocycles. The SMILES string of the molecule is Cc1ccccc1Cc1ccc(OCCCOC2CCCCC2)cc1. The minimum absolute atomic E-state index is 0.495. The van der Waals surface area contributed by atoms with Gasteiger partial charge >= 0.3 is 0 Å². The van der Waals surface area contributed by atoms with Gasteiger partial charge in [-0.15, -0.1) is 0 Å². The van der Waals surface area contributed by atoms with Crippen LogP contribution >= 0.6 is 0 Å². The molecule has 3 rings (SSSR count). The number of benzene rings is 2. The molecule has 2 heteroatoms. The van der Waals surface area contributed by atoms with Crippen molar-refractivity contribution in [2.45, 2.75) is 58.0 Å². The summed E-state index contributed by atoms with van der Waals surface area (Å²) in [6, 6.07) is 17.1. The molecule has 25 heavy (non-hydrogen) atoms. The van der Waals surface area contributed by atoms with Crippen LogP contribution in [0, 0.1) is 6.92 Å². The van der Waals surface area contributed by atoms with Crippen molar-refractivity contribution in [1.82, 2.24) is 0 Å². The molecule has 0 heterocycles. The van der Waals surface area contributed by atoms with E-state index in [-0.39, 0.29) is 0 Å². The van der Waals surface area contributed by atoms with Crippen LogP contribution in [0.5, 0.6) is 5.75 Å². The van der Waals surface area contributed by atoms with Crippen LogP contribution in [0.2, 0.25) is 0 Å². The van der Waals surface area contributed by atoms with Crippen molar-refractivity contribution in [3.05, 3.63) is 65.2 Å². The molecule has 0 spiro atoms. The normalized spacial score (nSPS) is 15.2. The smallest absolute Gasteiger partial charge is 0.119 e. The van der Waals surface area contributed by atoms with Crippen molar-refractivity contribution < 1.29 is 9.47 Å². The Morgan fingerprint density at radius 1 is 0.880 bits per heavy atom. The van der Waals surface area contributed by atoms with Gasteiger partial charge in [-0.05, 0) is 55.0 Å². The van der Waals surface area contributed by atoms with Crippen molar-refractivity contribution in [2.24, 2.45) is 0 Å². The van der Waals surface area contributed by atoms with Gasteiger partial charge in [-0.1, -0.05) is 55.7 Å². The molecule has 1 fully saturated rings. The third-order valence-corrected chi connectivity index (χ3v) is 5.04. The lowest BCUT2D eigenvalue weighted by Gasteiger charge is -2.21. The highest BCUT2D eigenvalue weighted by molar-refractivity contribution is 5.34. The first kappa shape index (κ1) is 18.0. The maximum absolute atomic E-state index is 5.94. The van der Waals surface area contributed by atoms with Gasteiger partial charge in [0.25, 0.3) is 0 Å². The topological polar surface area (TPSA) is 18.5 Å². The summed E-state index contributed by atoms with van der Waals surface area (Å²) in [6.07, 6.45) is 8.94. The standard InChI is InChI=1S/C23H30O2/c1-19-8-5-6-9-21(19)18-20-12-14-23(15-13-20)25-17-7-16-24-22-10-3-2-4-11-22/h5-6,8-9,12-15,22H,2-4,7,10-11,16-18H2,1H3. The zero-order chi connectivity index (χ0) is 17.3. The molecule has 0 N–H and O–H groups in total. The van der Waals surface area contributed by atoms with E-state index in [9.17, 15) is 0 Å². The first-order chi connectivity index (χ1) is 12.3. The van der Waals surface area contributed by atoms with E-state index in [1.165, 1.54) is 48.8 Å². The maximum Gasteiger partial charge on any atom is 0.119 e. The lowest BCUT2D eigenvalue weighted by Crippen LogP contribution is -2.18. The van der Waals surface area contributed by atoms with Crippen LogP contribution in [0.25, 0.3) is 0 Å². The van der Waals surface area contributed by atoms with E-state index in [4.69, 9.17) is 9.47 Å². The lowest BCUT2D eigenvalue weighted by atomic mass is 9.98. The number of hydrogen-bond acceptors (Lipinski definition) is 2. The minimum Gasteiger partial charge on any atom is -0.494 e. The summed E-state index contributed by atoms with van der Waals surface area (Å²) in [5.41, 5.74) is 4.05. The van der Waals surface area contributed by atoms with Gasteiger partial charge in [-0.25, -0.2) is 0 Å². The van der Waals surface area contributed by atoms with E-state index in [0.29, 0.717) is 6.10 Å². The summed E-state index contributed by atoms with van der Waals surface area (Å²) in [5.74, 6) is 0.950. The second kappa shape index (κ2) is 9.62. The van der Waals surface area contributed by atoms with Crippen LogP contribution in [0.1, 0.15) is 55.2 Å². The Labute approximate surface area is 152 Å². The molecule has 0 aliphatic heterocycles. The largest absolute Gasteiger partial charge is 0.494 e. The molecule has 2 aromatic carbocycles. The molecule has 1 aliphatic rings. The highest BCUT2D eigenvalue weighted by Crippen LogP contribution is 2.20. The fraction of sp³-hybridized carbons (Fsp3) is 0.478. The minimum atomic E-state index is 0.495. The summed E-state index contributed by atoms with van der Waals surface area (Å²) >= 11 is 0. The second-order valence-corrected chi connectivity index (χ2v) is 7.08. The van der Waals surface area contributed by atoms with E-state index in [0.717, 1.165) is 31.8 Å². The molecule has 1 aliphatic carbocycles. The Bertz CT molecular complexity index is 627. The summed E-state index contributed by atoms with van der Waals surface area (Å²) in [6.45, 7) is 3.71. The Balaban J connectivity index is 1.37. The molecule has 0 atom stereocenters. The number of rotatable bonds is 8. The molecular weight excluding hydrogens is 308 g/mol. The van der Waals surface area contributed by atoms with E-state index in [1.54, 1.807) is 0 Å².